The number of fused-ring (bicyclic) bond motifs is 3. The molecule has 4 aromatic rings. The molecule has 4 fully saturated rings. The van der Waals surface area contributed by atoms with E-state index in [0.717, 1.165) is 54.7 Å². The van der Waals surface area contributed by atoms with Crippen molar-refractivity contribution in [1.82, 2.24) is 14.5 Å². The average molecular weight is 497 g/mol. The molecule has 4 unspecified atom stereocenters. The highest BCUT2D eigenvalue weighted by Crippen LogP contribution is 2.59. The van der Waals surface area contributed by atoms with Gasteiger partial charge in [0.25, 0.3) is 6.01 Å². The van der Waals surface area contributed by atoms with Crippen LogP contribution in [0.2, 0.25) is 0 Å². The maximum Gasteiger partial charge on any atom is 0.298 e. The first-order valence-corrected chi connectivity index (χ1v) is 13.4. The molecule has 188 valence electrons. The van der Waals surface area contributed by atoms with Gasteiger partial charge in [-0.2, -0.15) is 0 Å². The third kappa shape index (κ3) is 3.13. The lowest BCUT2D eigenvalue weighted by Gasteiger charge is -2.62. The summed E-state index contributed by atoms with van der Waals surface area (Å²) in [4.78, 5) is 11.4. The van der Waals surface area contributed by atoms with Crippen molar-refractivity contribution in [2.75, 3.05) is 4.90 Å². The molecule has 0 spiro atoms. The molecule has 5 aliphatic rings. The van der Waals surface area contributed by atoms with Gasteiger partial charge in [-0.1, -0.05) is 42.5 Å². The number of piperidine rings is 2. The number of imidazole rings is 1. The molecule has 2 saturated carbocycles. The molecule has 0 radical (unpaired) electrons. The Morgan fingerprint density at radius 2 is 1.84 bits per heavy atom. The normalized spacial score (nSPS) is 29.9. The van der Waals surface area contributed by atoms with Crippen LogP contribution in [-0.4, -0.2) is 37.8 Å². The van der Waals surface area contributed by atoms with E-state index >= 15 is 4.39 Å². The molecule has 2 saturated heterocycles. The minimum atomic E-state index is -0.516. The Hall–Kier alpha value is -3.45. The lowest BCUT2D eigenvalue weighted by atomic mass is 9.53. The van der Waals surface area contributed by atoms with E-state index in [0.29, 0.717) is 36.0 Å². The van der Waals surface area contributed by atoms with Crippen LogP contribution in [0.3, 0.4) is 0 Å². The summed E-state index contributed by atoms with van der Waals surface area (Å²) in [6.45, 7) is 0. The van der Waals surface area contributed by atoms with Crippen LogP contribution in [0.4, 0.5) is 10.4 Å². The number of oxazole rings is 1. The van der Waals surface area contributed by atoms with Gasteiger partial charge < -0.3 is 19.0 Å². The summed E-state index contributed by atoms with van der Waals surface area (Å²) in [5.41, 5.74) is 3.39. The third-order valence-corrected chi connectivity index (χ3v) is 9.57. The van der Waals surface area contributed by atoms with Crippen LogP contribution < -0.4 is 4.90 Å². The van der Waals surface area contributed by atoms with Gasteiger partial charge in [-0.25, -0.2) is 14.4 Å². The van der Waals surface area contributed by atoms with Gasteiger partial charge in [0.15, 0.2) is 5.76 Å². The Morgan fingerprint density at radius 1 is 1.03 bits per heavy atom. The number of anilines is 1. The molecule has 2 aliphatic carbocycles. The highest BCUT2D eigenvalue weighted by molar-refractivity contribution is 5.69. The van der Waals surface area contributed by atoms with E-state index in [1.54, 1.807) is 18.6 Å². The molecule has 6 nitrogen and oxygen atoms in total. The van der Waals surface area contributed by atoms with Crippen LogP contribution in [0.25, 0.3) is 22.6 Å². The number of aromatic nitrogens is 3. The van der Waals surface area contributed by atoms with Crippen LogP contribution in [-0.2, 0) is 0 Å². The second-order valence-electron chi connectivity index (χ2n) is 11.6. The quantitative estimate of drug-likeness (QED) is 0.376. The van der Waals surface area contributed by atoms with Crippen LogP contribution in [0.15, 0.2) is 71.7 Å². The van der Waals surface area contributed by atoms with Gasteiger partial charge in [0.2, 0.25) is 0 Å². The zero-order chi connectivity index (χ0) is 24.7. The number of rotatable bonds is 5. The van der Waals surface area contributed by atoms with Crippen LogP contribution in [0.1, 0.15) is 50.1 Å². The average Bonchev–Trinajstić information content (AvgIpc) is 3.63. The van der Waals surface area contributed by atoms with E-state index < -0.39 is 6.10 Å². The molecule has 3 aliphatic heterocycles. The van der Waals surface area contributed by atoms with Crippen molar-refractivity contribution in [2.24, 2.45) is 11.3 Å². The molecule has 2 aromatic heterocycles. The van der Waals surface area contributed by atoms with Gasteiger partial charge in [0, 0.05) is 34.2 Å². The van der Waals surface area contributed by atoms with E-state index in [1.807, 2.05) is 47.2 Å². The highest BCUT2D eigenvalue weighted by Gasteiger charge is 2.58. The van der Waals surface area contributed by atoms with E-state index in [-0.39, 0.29) is 17.3 Å². The Bertz CT molecular complexity index is 1460. The fraction of sp³-hybridized carbons (Fsp3) is 0.400. The van der Waals surface area contributed by atoms with Gasteiger partial charge in [-0.15, -0.1) is 0 Å². The molecule has 9 rings (SSSR count). The Morgan fingerprint density at radius 3 is 2.65 bits per heavy atom. The van der Waals surface area contributed by atoms with Gasteiger partial charge in [0.05, 0.1) is 36.6 Å². The summed E-state index contributed by atoms with van der Waals surface area (Å²) >= 11 is 0. The number of nitrogens with zero attached hydrogens (tertiary/aromatic N) is 4. The molecular weight excluding hydrogens is 467 g/mol. The molecule has 1 N–H and O–H groups in total. The SMILES string of the molecule is OC(CC1c2c(F)cccc2-c2cncn21)C12CC3CC(C1)N(c1ncc(-c4ccccc4)o1)C(C3)C2. The van der Waals surface area contributed by atoms with Gasteiger partial charge >= 0.3 is 0 Å². The highest BCUT2D eigenvalue weighted by atomic mass is 19.1. The molecule has 4 bridgehead atoms. The fourth-order valence-corrected chi connectivity index (χ4v) is 8.22. The Labute approximate surface area is 214 Å². The molecule has 37 heavy (non-hydrogen) atoms. The van der Waals surface area contributed by atoms with Crippen molar-refractivity contribution in [3.05, 3.63) is 78.6 Å². The first kappa shape index (κ1) is 21.6. The first-order chi connectivity index (χ1) is 18.1. The number of aliphatic hydroxyl groups excluding tert-OH is 1. The van der Waals surface area contributed by atoms with Crippen LogP contribution >= 0.6 is 0 Å². The summed E-state index contributed by atoms with van der Waals surface area (Å²) in [5.74, 6) is 1.19. The molecule has 7 heteroatoms. The van der Waals surface area contributed by atoms with E-state index in [1.165, 1.54) is 6.07 Å². The van der Waals surface area contributed by atoms with Crippen molar-refractivity contribution in [3.8, 4) is 22.6 Å². The standard InChI is InChI=1S/C30H29FN4O2/c31-23-8-4-7-22-25-15-32-17-34(25)24(28(22)23)11-27(36)30-12-18-9-20(13-30)35(21(10-18)14-30)29-33-16-26(37-29)19-5-2-1-3-6-19/h1-8,15-18,20-21,24,27,36H,9-14H2. The maximum absolute atomic E-state index is 15.0. The minimum Gasteiger partial charge on any atom is -0.423 e. The lowest BCUT2D eigenvalue weighted by Crippen LogP contribution is -2.64. The lowest BCUT2D eigenvalue weighted by molar-refractivity contribution is -0.0909. The van der Waals surface area contributed by atoms with Gasteiger partial charge in [-0.05, 0) is 50.5 Å². The summed E-state index contributed by atoms with van der Waals surface area (Å²) in [6.07, 6.45) is 10.5. The smallest absolute Gasteiger partial charge is 0.298 e. The van der Waals surface area contributed by atoms with E-state index in [2.05, 4.69) is 14.9 Å². The molecular formula is C30H29FN4O2. The molecule has 4 atom stereocenters. The largest absolute Gasteiger partial charge is 0.423 e. The third-order valence-electron chi connectivity index (χ3n) is 9.57. The summed E-state index contributed by atoms with van der Waals surface area (Å²) in [7, 11) is 0. The zero-order valence-corrected chi connectivity index (χ0v) is 20.5. The molecule has 2 aromatic carbocycles. The van der Waals surface area contributed by atoms with Crippen molar-refractivity contribution in [2.45, 2.75) is 62.8 Å². The number of aliphatic hydroxyl groups is 1. The summed E-state index contributed by atoms with van der Waals surface area (Å²) in [5, 5.41) is 11.9. The first-order valence-electron chi connectivity index (χ1n) is 13.4. The Kier molecular flexibility index (Phi) is 4.54. The van der Waals surface area contributed by atoms with Crippen molar-refractivity contribution in [3.63, 3.8) is 0 Å². The minimum absolute atomic E-state index is 0.156. The number of halogens is 1. The fourth-order valence-electron chi connectivity index (χ4n) is 8.22. The molecule has 5 heterocycles. The van der Waals surface area contributed by atoms with E-state index in [9.17, 15) is 5.11 Å². The number of hydrogen-bond acceptors (Lipinski definition) is 5. The van der Waals surface area contributed by atoms with Crippen LogP contribution in [0, 0.1) is 17.2 Å². The Balaban J connectivity index is 1.08. The van der Waals surface area contributed by atoms with Gasteiger partial charge in [0.1, 0.15) is 5.82 Å². The monoisotopic (exact) mass is 496 g/mol. The topological polar surface area (TPSA) is 67.3 Å². The molecule has 0 amide bonds. The summed E-state index contributed by atoms with van der Waals surface area (Å²) < 4.78 is 23.3. The van der Waals surface area contributed by atoms with Crippen molar-refractivity contribution >= 4 is 6.01 Å². The zero-order valence-electron chi connectivity index (χ0n) is 20.5. The van der Waals surface area contributed by atoms with Gasteiger partial charge in [-0.3, -0.25) is 0 Å². The second-order valence-corrected chi connectivity index (χ2v) is 11.6. The predicted molar refractivity (Wildman–Crippen MR) is 137 cm³/mol. The summed E-state index contributed by atoms with van der Waals surface area (Å²) in [6, 6.07) is 16.4. The van der Waals surface area contributed by atoms with E-state index in [4.69, 9.17) is 4.42 Å². The number of hydrogen-bond donors (Lipinski definition) is 1. The van der Waals surface area contributed by atoms with Crippen LogP contribution in [0.5, 0.6) is 0 Å². The second kappa shape index (κ2) is 7.78. The maximum atomic E-state index is 15.0. The number of benzene rings is 2. The van der Waals surface area contributed by atoms with Crippen molar-refractivity contribution < 1.29 is 13.9 Å². The van der Waals surface area contributed by atoms with Crippen molar-refractivity contribution in [1.29, 1.82) is 0 Å². The predicted octanol–water partition coefficient (Wildman–Crippen LogP) is 5.84.